The molecule has 21 heavy (non-hydrogen) atoms. The third-order valence-electron chi connectivity index (χ3n) is 3.51. The molecule has 1 saturated carbocycles. The Morgan fingerprint density at radius 2 is 1.95 bits per heavy atom. The molecule has 0 spiro atoms. The van der Waals surface area contributed by atoms with Crippen LogP contribution in [0.15, 0.2) is 42.7 Å². The minimum Gasteiger partial charge on any atom is -0.493 e. The molecule has 2 aromatic rings. The first-order chi connectivity index (χ1) is 10.3. The lowest BCUT2D eigenvalue weighted by Crippen LogP contribution is -2.15. The fourth-order valence-corrected chi connectivity index (χ4v) is 2.19. The molecule has 1 aromatic heterocycles. The molecule has 1 aliphatic rings. The van der Waals surface area contributed by atoms with E-state index in [1.165, 1.54) is 18.9 Å². The number of halogens is 1. The van der Waals surface area contributed by atoms with Gasteiger partial charge in [-0.25, -0.2) is 4.39 Å². The average molecular weight is 286 g/mol. The summed E-state index contributed by atoms with van der Waals surface area (Å²) in [4.78, 5) is 3.98. The zero-order valence-electron chi connectivity index (χ0n) is 11.9. The van der Waals surface area contributed by atoms with E-state index in [1.54, 1.807) is 18.5 Å². The van der Waals surface area contributed by atoms with Crippen molar-refractivity contribution in [3.05, 3.63) is 59.7 Å². The molecule has 1 N–H and O–H groups in total. The van der Waals surface area contributed by atoms with Crippen LogP contribution in [0.5, 0.6) is 5.75 Å². The summed E-state index contributed by atoms with van der Waals surface area (Å²) in [5.74, 6) is 0.348. The first kappa shape index (κ1) is 14.0. The van der Waals surface area contributed by atoms with Crippen LogP contribution >= 0.6 is 0 Å². The van der Waals surface area contributed by atoms with Gasteiger partial charge >= 0.3 is 0 Å². The van der Waals surface area contributed by atoms with Crippen molar-refractivity contribution in [1.82, 2.24) is 10.3 Å². The van der Waals surface area contributed by atoms with Gasteiger partial charge in [0.05, 0.1) is 6.61 Å². The Kier molecular flexibility index (Phi) is 4.46. The monoisotopic (exact) mass is 286 g/mol. The molecule has 4 heteroatoms. The predicted molar refractivity (Wildman–Crippen MR) is 79.7 cm³/mol. The molecule has 0 radical (unpaired) electrons. The van der Waals surface area contributed by atoms with Gasteiger partial charge in [0.2, 0.25) is 0 Å². The topological polar surface area (TPSA) is 34.1 Å². The number of aromatic nitrogens is 1. The summed E-state index contributed by atoms with van der Waals surface area (Å²) in [6.07, 6.45) is 6.77. The van der Waals surface area contributed by atoms with Gasteiger partial charge in [-0.2, -0.15) is 0 Å². The molecular formula is C17H19FN2O. The second-order valence-electron chi connectivity index (χ2n) is 5.40. The molecule has 0 amide bonds. The number of nitrogens with one attached hydrogen (secondary N) is 1. The van der Waals surface area contributed by atoms with Gasteiger partial charge in [0.15, 0.2) is 0 Å². The summed E-state index contributed by atoms with van der Waals surface area (Å²) in [5.41, 5.74) is 2.10. The van der Waals surface area contributed by atoms with Gasteiger partial charge in [-0.3, -0.25) is 4.98 Å². The van der Waals surface area contributed by atoms with Crippen LogP contribution in [0.2, 0.25) is 0 Å². The van der Waals surface area contributed by atoms with Gasteiger partial charge in [0, 0.05) is 37.5 Å². The van der Waals surface area contributed by atoms with Crippen LogP contribution in [0.3, 0.4) is 0 Å². The quantitative estimate of drug-likeness (QED) is 0.849. The van der Waals surface area contributed by atoms with Crippen molar-refractivity contribution in [3.8, 4) is 5.75 Å². The fraction of sp³-hybridized carbons (Fsp3) is 0.353. The van der Waals surface area contributed by atoms with Gasteiger partial charge in [-0.1, -0.05) is 0 Å². The standard InChI is InChI=1S/C17H19FN2O/c18-15-9-14(12-20-16-1-2-16)10-17(11-15)21-8-5-13-3-6-19-7-4-13/h3-4,6-7,9-11,16,20H,1-2,5,8,12H2. The van der Waals surface area contributed by atoms with Crippen molar-refractivity contribution in [2.75, 3.05) is 6.61 Å². The number of nitrogens with zero attached hydrogens (tertiary/aromatic N) is 1. The first-order valence-corrected chi connectivity index (χ1v) is 7.34. The lowest BCUT2D eigenvalue weighted by Gasteiger charge is -2.09. The minimum absolute atomic E-state index is 0.246. The van der Waals surface area contributed by atoms with Crippen LogP contribution in [-0.2, 0) is 13.0 Å². The molecule has 0 bridgehead atoms. The Morgan fingerprint density at radius 1 is 1.14 bits per heavy atom. The maximum Gasteiger partial charge on any atom is 0.127 e. The van der Waals surface area contributed by atoms with Crippen molar-refractivity contribution in [2.45, 2.75) is 31.8 Å². The van der Waals surface area contributed by atoms with Crippen LogP contribution in [-0.4, -0.2) is 17.6 Å². The summed E-state index contributed by atoms with van der Waals surface area (Å²) in [6, 6.07) is 9.44. The summed E-state index contributed by atoms with van der Waals surface area (Å²) < 4.78 is 19.3. The number of benzene rings is 1. The van der Waals surface area contributed by atoms with E-state index >= 15 is 0 Å². The van der Waals surface area contributed by atoms with Gasteiger partial charge in [-0.15, -0.1) is 0 Å². The third kappa shape index (κ3) is 4.53. The Bertz CT molecular complexity index is 585. The second kappa shape index (κ2) is 6.68. The average Bonchev–Trinajstić information content (AvgIpc) is 3.30. The van der Waals surface area contributed by atoms with Gasteiger partial charge in [0.25, 0.3) is 0 Å². The van der Waals surface area contributed by atoms with Crippen LogP contribution in [0.1, 0.15) is 24.0 Å². The highest BCUT2D eigenvalue weighted by molar-refractivity contribution is 5.29. The summed E-state index contributed by atoms with van der Waals surface area (Å²) in [7, 11) is 0. The maximum atomic E-state index is 13.6. The molecule has 1 aliphatic carbocycles. The number of hydrogen-bond donors (Lipinski definition) is 1. The maximum absolute atomic E-state index is 13.6. The number of pyridine rings is 1. The minimum atomic E-state index is -0.246. The SMILES string of the molecule is Fc1cc(CNC2CC2)cc(OCCc2ccncc2)c1. The lowest BCUT2D eigenvalue weighted by molar-refractivity contribution is 0.319. The van der Waals surface area contributed by atoms with E-state index in [1.807, 2.05) is 18.2 Å². The third-order valence-corrected chi connectivity index (χ3v) is 3.51. The van der Waals surface area contributed by atoms with Crippen molar-refractivity contribution >= 4 is 0 Å². The van der Waals surface area contributed by atoms with E-state index in [0.717, 1.165) is 17.5 Å². The first-order valence-electron chi connectivity index (χ1n) is 7.34. The number of ether oxygens (including phenoxy) is 1. The smallest absolute Gasteiger partial charge is 0.127 e. The van der Waals surface area contributed by atoms with E-state index in [0.29, 0.717) is 24.9 Å². The lowest BCUT2D eigenvalue weighted by atomic mass is 10.2. The van der Waals surface area contributed by atoms with Crippen molar-refractivity contribution in [1.29, 1.82) is 0 Å². The van der Waals surface area contributed by atoms with Crippen molar-refractivity contribution in [2.24, 2.45) is 0 Å². The molecule has 0 aliphatic heterocycles. The Hall–Kier alpha value is -1.94. The Balaban J connectivity index is 1.54. The molecule has 0 atom stereocenters. The van der Waals surface area contributed by atoms with Crippen LogP contribution < -0.4 is 10.1 Å². The van der Waals surface area contributed by atoms with Crippen molar-refractivity contribution in [3.63, 3.8) is 0 Å². The normalized spacial score (nSPS) is 14.1. The van der Waals surface area contributed by atoms with E-state index in [4.69, 9.17) is 4.74 Å². The molecule has 0 unspecified atom stereocenters. The van der Waals surface area contributed by atoms with E-state index in [9.17, 15) is 4.39 Å². The summed E-state index contributed by atoms with van der Waals surface area (Å²) >= 11 is 0. The van der Waals surface area contributed by atoms with Gasteiger partial charge < -0.3 is 10.1 Å². The largest absolute Gasteiger partial charge is 0.493 e. The highest BCUT2D eigenvalue weighted by Crippen LogP contribution is 2.21. The zero-order chi connectivity index (χ0) is 14.5. The highest BCUT2D eigenvalue weighted by atomic mass is 19.1. The summed E-state index contributed by atoms with van der Waals surface area (Å²) in [5, 5.41) is 3.38. The molecule has 3 rings (SSSR count). The molecule has 0 saturated heterocycles. The van der Waals surface area contributed by atoms with Gasteiger partial charge in [-0.05, 0) is 48.2 Å². The van der Waals surface area contributed by atoms with Crippen molar-refractivity contribution < 1.29 is 9.13 Å². The summed E-state index contributed by atoms with van der Waals surface area (Å²) in [6.45, 7) is 1.23. The predicted octanol–water partition coefficient (Wildman–Crippen LogP) is 3.09. The molecular weight excluding hydrogens is 267 g/mol. The second-order valence-corrected chi connectivity index (χ2v) is 5.40. The molecule has 1 fully saturated rings. The number of rotatable bonds is 7. The molecule has 110 valence electrons. The Labute approximate surface area is 124 Å². The van der Waals surface area contributed by atoms with E-state index < -0.39 is 0 Å². The fourth-order valence-electron chi connectivity index (χ4n) is 2.19. The van der Waals surface area contributed by atoms with Crippen LogP contribution in [0.25, 0.3) is 0 Å². The van der Waals surface area contributed by atoms with E-state index in [2.05, 4.69) is 10.3 Å². The molecule has 1 aromatic carbocycles. The molecule has 1 heterocycles. The Morgan fingerprint density at radius 3 is 2.71 bits per heavy atom. The highest BCUT2D eigenvalue weighted by Gasteiger charge is 2.20. The zero-order valence-corrected chi connectivity index (χ0v) is 11.9. The van der Waals surface area contributed by atoms with Crippen LogP contribution in [0, 0.1) is 5.82 Å². The number of hydrogen-bond acceptors (Lipinski definition) is 3. The molecule has 3 nitrogen and oxygen atoms in total. The van der Waals surface area contributed by atoms with Gasteiger partial charge in [0.1, 0.15) is 11.6 Å². The van der Waals surface area contributed by atoms with Crippen LogP contribution in [0.4, 0.5) is 4.39 Å². The van der Waals surface area contributed by atoms with E-state index in [-0.39, 0.29) is 5.82 Å².